The van der Waals surface area contributed by atoms with Gasteiger partial charge in [0.15, 0.2) is 0 Å². The highest BCUT2D eigenvalue weighted by atomic mass is 35.5. The number of benzene rings is 2. The Morgan fingerprint density at radius 1 is 1.04 bits per heavy atom. The van der Waals surface area contributed by atoms with Crippen molar-refractivity contribution in [3.05, 3.63) is 69.8 Å². The van der Waals surface area contributed by atoms with Gasteiger partial charge in [-0.2, -0.15) is 0 Å². The fourth-order valence-corrected chi connectivity index (χ4v) is 3.51. The van der Waals surface area contributed by atoms with E-state index in [0.717, 1.165) is 39.0 Å². The van der Waals surface area contributed by atoms with Gasteiger partial charge in [0.25, 0.3) is 0 Å². The molecule has 0 fully saturated rings. The quantitative estimate of drug-likeness (QED) is 0.438. The summed E-state index contributed by atoms with van der Waals surface area (Å²) in [5.74, 6) is 1.45. The molecule has 0 aliphatic heterocycles. The van der Waals surface area contributed by atoms with E-state index in [9.17, 15) is 0 Å². The molecule has 0 amide bonds. The molecule has 0 radical (unpaired) electrons. The summed E-state index contributed by atoms with van der Waals surface area (Å²) < 4.78 is 5.27. The van der Waals surface area contributed by atoms with Crippen molar-refractivity contribution in [3.63, 3.8) is 0 Å². The second-order valence-corrected chi connectivity index (χ2v) is 7.03. The molecule has 0 aliphatic carbocycles. The molecule has 136 valence electrons. The van der Waals surface area contributed by atoms with E-state index < -0.39 is 0 Å². The first-order valence-corrected chi connectivity index (χ1v) is 9.16. The predicted molar refractivity (Wildman–Crippen MR) is 108 cm³/mol. The molecular weight excluding hydrogens is 383 g/mol. The molecule has 0 bridgehead atoms. The first-order valence-electron chi connectivity index (χ1n) is 8.40. The summed E-state index contributed by atoms with van der Waals surface area (Å²) in [4.78, 5) is 8.72. The van der Waals surface area contributed by atoms with Gasteiger partial charge in [-0.05, 0) is 60.8 Å². The Balaban J connectivity index is 1.72. The third-order valence-corrected chi connectivity index (χ3v) is 4.74. The minimum atomic E-state index is 0.187. The van der Waals surface area contributed by atoms with E-state index in [4.69, 9.17) is 27.7 Å². The van der Waals surface area contributed by atoms with Crippen molar-refractivity contribution < 1.29 is 4.52 Å². The lowest BCUT2D eigenvalue weighted by atomic mass is 10.0. The molecule has 0 saturated carbocycles. The molecule has 2 aromatic carbocycles. The topological polar surface area (TPSA) is 63.8 Å². The largest absolute Gasteiger partial charge is 0.365 e. The molecule has 4 aromatic rings. The molecule has 4 rings (SSSR count). The van der Waals surface area contributed by atoms with E-state index in [2.05, 4.69) is 20.4 Å². The van der Waals surface area contributed by atoms with Crippen molar-refractivity contribution in [3.8, 4) is 11.1 Å². The van der Waals surface area contributed by atoms with Gasteiger partial charge in [0.05, 0.1) is 11.2 Å². The standard InChI is InChI=1S/C20H16Cl2N4O/c1-11-18(12(2)27-26-11)14-6-7-16-17(9-14)24-20(22)25-19(16)23-10-13-4-3-5-15(21)8-13/h3-9H,10H2,1-2H3,(H,23,24,25). The van der Waals surface area contributed by atoms with E-state index in [-0.39, 0.29) is 5.28 Å². The first-order chi connectivity index (χ1) is 13.0. The van der Waals surface area contributed by atoms with Crippen LogP contribution >= 0.6 is 23.2 Å². The van der Waals surface area contributed by atoms with E-state index >= 15 is 0 Å². The Bertz CT molecular complexity index is 1120. The highest BCUT2D eigenvalue weighted by Crippen LogP contribution is 2.31. The highest BCUT2D eigenvalue weighted by molar-refractivity contribution is 6.30. The number of halogens is 2. The van der Waals surface area contributed by atoms with Crippen LogP contribution in [0, 0.1) is 13.8 Å². The van der Waals surface area contributed by atoms with Crippen LogP contribution in [0.2, 0.25) is 10.3 Å². The zero-order valence-electron chi connectivity index (χ0n) is 14.8. The van der Waals surface area contributed by atoms with Gasteiger partial charge in [0.1, 0.15) is 11.6 Å². The highest BCUT2D eigenvalue weighted by Gasteiger charge is 2.14. The third kappa shape index (κ3) is 3.61. The Kier molecular flexibility index (Phi) is 4.72. The van der Waals surface area contributed by atoms with Gasteiger partial charge in [0.2, 0.25) is 5.28 Å². The van der Waals surface area contributed by atoms with Gasteiger partial charge in [0, 0.05) is 22.5 Å². The molecule has 0 saturated heterocycles. The molecule has 27 heavy (non-hydrogen) atoms. The monoisotopic (exact) mass is 398 g/mol. The van der Waals surface area contributed by atoms with Crippen molar-refractivity contribution in [2.75, 3.05) is 5.32 Å². The smallest absolute Gasteiger partial charge is 0.224 e. The van der Waals surface area contributed by atoms with E-state index in [1.807, 2.05) is 56.3 Å². The SMILES string of the molecule is Cc1noc(C)c1-c1ccc2c(NCc3cccc(Cl)c3)nc(Cl)nc2c1. The van der Waals surface area contributed by atoms with Gasteiger partial charge in [-0.15, -0.1) is 0 Å². The van der Waals surface area contributed by atoms with E-state index in [0.29, 0.717) is 17.4 Å². The van der Waals surface area contributed by atoms with Crippen LogP contribution in [0.25, 0.3) is 22.0 Å². The fraction of sp³-hybridized carbons (Fsp3) is 0.150. The van der Waals surface area contributed by atoms with Gasteiger partial charge >= 0.3 is 0 Å². The number of rotatable bonds is 4. The van der Waals surface area contributed by atoms with E-state index in [1.54, 1.807) is 0 Å². The molecule has 5 nitrogen and oxygen atoms in total. The summed E-state index contributed by atoms with van der Waals surface area (Å²) in [6, 6.07) is 13.6. The van der Waals surface area contributed by atoms with Crippen molar-refractivity contribution in [1.29, 1.82) is 0 Å². The summed E-state index contributed by atoms with van der Waals surface area (Å²) in [5.41, 5.74) is 4.60. The molecular formula is C20H16Cl2N4O. The zero-order chi connectivity index (χ0) is 19.0. The lowest BCUT2D eigenvalue weighted by Crippen LogP contribution is -2.03. The predicted octanol–water partition coefficient (Wildman–Crippen LogP) is 5.82. The lowest BCUT2D eigenvalue weighted by Gasteiger charge is -2.10. The zero-order valence-corrected chi connectivity index (χ0v) is 16.3. The fourth-order valence-electron chi connectivity index (χ4n) is 3.12. The summed E-state index contributed by atoms with van der Waals surface area (Å²) in [5, 5.41) is 9.12. The summed E-state index contributed by atoms with van der Waals surface area (Å²) in [6.07, 6.45) is 0. The van der Waals surface area contributed by atoms with Crippen LogP contribution < -0.4 is 5.32 Å². The number of aryl methyl sites for hydroxylation is 2. The van der Waals surface area contributed by atoms with Crippen LogP contribution in [-0.2, 0) is 6.54 Å². The maximum Gasteiger partial charge on any atom is 0.224 e. The van der Waals surface area contributed by atoms with Gasteiger partial charge in [-0.1, -0.05) is 35.0 Å². The average molecular weight is 399 g/mol. The first kappa shape index (κ1) is 17.8. The maximum absolute atomic E-state index is 6.16. The molecule has 7 heteroatoms. The van der Waals surface area contributed by atoms with Crippen LogP contribution in [0.4, 0.5) is 5.82 Å². The normalized spacial score (nSPS) is 11.1. The second kappa shape index (κ2) is 7.18. The average Bonchev–Trinajstić information content (AvgIpc) is 2.97. The summed E-state index contributed by atoms with van der Waals surface area (Å²) in [7, 11) is 0. The van der Waals surface area contributed by atoms with E-state index in [1.165, 1.54) is 0 Å². The number of nitrogens with zero attached hydrogens (tertiary/aromatic N) is 3. The van der Waals surface area contributed by atoms with Crippen LogP contribution in [0.1, 0.15) is 17.0 Å². The summed E-state index contributed by atoms with van der Waals surface area (Å²) >= 11 is 12.2. The second-order valence-electron chi connectivity index (χ2n) is 6.26. The van der Waals surface area contributed by atoms with Gasteiger partial charge < -0.3 is 9.84 Å². The maximum atomic E-state index is 6.16. The van der Waals surface area contributed by atoms with Crippen molar-refractivity contribution in [1.82, 2.24) is 15.1 Å². The number of hydrogen-bond donors (Lipinski definition) is 1. The molecule has 0 aliphatic rings. The number of nitrogens with one attached hydrogen (secondary N) is 1. The van der Waals surface area contributed by atoms with Gasteiger partial charge in [-0.25, -0.2) is 9.97 Å². The van der Waals surface area contributed by atoms with Crippen molar-refractivity contribution in [2.45, 2.75) is 20.4 Å². The molecule has 0 spiro atoms. The summed E-state index contributed by atoms with van der Waals surface area (Å²) in [6.45, 7) is 4.39. The number of hydrogen-bond acceptors (Lipinski definition) is 5. The van der Waals surface area contributed by atoms with Crippen molar-refractivity contribution >= 4 is 39.9 Å². The van der Waals surface area contributed by atoms with Crippen molar-refractivity contribution in [2.24, 2.45) is 0 Å². The Morgan fingerprint density at radius 3 is 2.63 bits per heavy atom. The number of fused-ring (bicyclic) bond motifs is 1. The molecule has 2 aromatic heterocycles. The van der Waals surface area contributed by atoms with Crippen LogP contribution in [0.15, 0.2) is 47.0 Å². The van der Waals surface area contributed by atoms with Crippen LogP contribution in [0.3, 0.4) is 0 Å². The van der Waals surface area contributed by atoms with Crippen LogP contribution in [-0.4, -0.2) is 15.1 Å². The Labute approximate surface area is 166 Å². The Morgan fingerprint density at radius 2 is 1.89 bits per heavy atom. The molecule has 0 atom stereocenters. The molecule has 0 unspecified atom stereocenters. The minimum absolute atomic E-state index is 0.187. The van der Waals surface area contributed by atoms with Gasteiger partial charge in [-0.3, -0.25) is 0 Å². The minimum Gasteiger partial charge on any atom is -0.365 e. The third-order valence-electron chi connectivity index (χ3n) is 4.34. The Hall–Kier alpha value is -2.63. The molecule has 1 N–H and O–H groups in total. The number of aromatic nitrogens is 3. The lowest BCUT2D eigenvalue weighted by molar-refractivity contribution is 0.393. The molecule has 2 heterocycles. The van der Waals surface area contributed by atoms with Crippen LogP contribution in [0.5, 0.6) is 0 Å². The number of anilines is 1.